The second kappa shape index (κ2) is 12.9. The lowest BCUT2D eigenvalue weighted by atomic mass is 10.1. The van der Waals surface area contributed by atoms with Crippen molar-refractivity contribution in [2.24, 2.45) is 5.10 Å². The molecule has 10 heteroatoms. The molecule has 1 atom stereocenters. The van der Waals surface area contributed by atoms with Gasteiger partial charge >= 0.3 is 11.8 Å². The predicted molar refractivity (Wildman–Crippen MR) is 137 cm³/mol. The van der Waals surface area contributed by atoms with Gasteiger partial charge in [-0.25, -0.2) is 5.43 Å². The second-order valence-electron chi connectivity index (χ2n) is 7.56. The highest BCUT2D eigenvalue weighted by Crippen LogP contribution is 2.27. The van der Waals surface area contributed by atoms with Gasteiger partial charge in [-0.1, -0.05) is 41.9 Å². The number of nitrogens with one attached hydrogen (secondary N) is 3. The van der Waals surface area contributed by atoms with E-state index in [9.17, 15) is 14.4 Å². The molecule has 0 unspecified atom stereocenters. The van der Waals surface area contributed by atoms with Crippen molar-refractivity contribution < 1.29 is 23.9 Å². The third-order valence-corrected chi connectivity index (χ3v) is 5.22. The van der Waals surface area contributed by atoms with E-state index in [1.54, 1.807) is 36.4 Å². The Bertz CT molecular complexity index is 1230. The van der Waals surface area contributed by atoms with Crippen LogP contribution in [-0.2, 0) is 14.4 Å². The Morgan fingerprint density at radius 2 is 1.72 bits per heavy atom. The number of carbonyl (C=O) groups excluding carboxylic acids is 3. The van der Waals surface area contributed by atoms with Gasteiger partial charge in [-0.15, -0.1) is 0 Å². The maximum Gasteiger partial charge on any atom is 0.329 e. The van der Waals surface area contributed by atoms with E-state index >= 15 is 0 Å². The van der Waals surface area contributed by atoms with Crippen LogP contribution in [0, 0.1) is 0 Å². The van der Waals surface area contributed by atoms with Gasteiger partial charge in [0, 0.05) is 5.69 Å². The Balaban J connectivity index is 1.42. The molecule has 186 valence electrons. The van der Waals surface area contributed by atoms with Gasteiger partial charge in [0.25, 0.3) is 5.91 Å². The Morgan fingerprint density at radius 1 is 1.00 bits per heavy atom. The van der Waals surface area contributed by atoms with Crippen LogP contribution in [-0.4, -0.2) is 37.7 Å². The number of nitrogens with zero attached hydrogens (tertiary/aromatic N) is 1. The lowest BCUT2D eigenvalue weighted by Gasteiger charge is -2.14. The van der Waals surface area contributed by atoms with Crippen molar-refractivity contribution in [1.82, 2.24) is 10.7 Å². The maximum atomic E-state index is 12.1. The summed E-state index contributed by atoms with van der Waals surface area (Å²) in [7, 11) is 1.47. The molecule has 36 heavy (non-hydrogen) atoms. The molecule has 3 amide bonds. The SMILES string of the molecule is COc1ccc(NC(=O)C(=O)N/N=C\c2ccc(OCC(=O)N[C@H](C)c3ccccc3)cc2)cc1Cl. The van der Waals surface area contributed by atoms with Crippen molar-refractivity contribution in [1.29, 1.82) is 0 Å². The van der Waals surface area contributed by atoms with E-state index in [2.05, 4.69) is 21.2 Å². The van der Waals surface area contributed by atoms with Gasteiger partial charge in [-0.3, -0.25) is 14.4 Å². The summed E-state index contributed by atoms with van der Waals surface area (Å²) in [5, 5.41) is 9.37. The Labute approximate surface area is 213 Å². The van der Waals surface area contributed by atoms with Crippen LogP contribution in [0.1, 0.15) is 24.1 Å². The molecule has 0 aliphatic heterocycles. The minimum Gasteiger partial charge on any atom is -0.495 e. The molecule has 3 rings (SSSR count). The van der Waals surface area contributed by atoms with Gasteiger partial charge in [-0.05, 0) is 60.5 Å². The first-order chi connectivity index (χ1) is 17.4. The number of halogens is 1. The number of rotatable bonds is 9. The van der Waals surface area contributed by atoms with Gasteiger partial charge in [0.1, 0.15) is 11.5 Å². The molecule has 0 saturated heterocycles. The fourth-order valence-electron chi connectivity index (χ4n) is 3.06. The lowest BCUT2D eigenvalue weighted by molar-refractivity contribution is -0.136. The lowest BCUT2D eigenvalue weighted by Crippen LogP contribution is -2.32. The van der Waals surface area contributed by atoms with Gasteiger partial charge in [0.15, 0.2) is 6.61 Å². The minimum absolute atomic E-state index is 0.130. The van der Waals surface area contributed by atoms with E-state index < -0.39 is 11.8 Å². The molecule has 3 aromatic carbocycles. The average Bonchev–Trinajstić information content (AvgIpc) is 2.88. The Kier molecular flexibility index (Phi) is 9.41. The number of amides is 3. The van der Waals surface area contributed by atoms with Crippen LogP contribution in [0.15, 0.2) is 77.9 Å². The third-order valence-electron chi connectivity index (χ3n) is 4.92. The molecule has 0 radical (unpaired) electrons. The molecule has 0 fully saturated rings. The van der Waals surface area contributed by atoms with Crippen molar-refractivity contribution in [3.63, 3.8) is 0 Å². The number of ether oxygens (including phenoxy) is 2. The average molecular weight is 509 g/mol. The number of carbonyl (C=O) groups is 3. The van der Waals surface area contributed by atoms with E-state index in [1.807, 2.05) is 37.3 Å². The number of hydrazone groups is 1. The molecular formula is C26H25ClN4O5. The van der Waals surface area contributed by atoms with Crippen LogP contribution in [0.3, 0.4) is 0 Å². The highest BCUT2D eigenvalue weighted by atomic mass is 35.5. The number of anilines is 1. The van der Waals surface area contributed by atoms with Crippen LogP contribution in [0.2, 0.25) is 5.02 Å². The normalized spacial score (nSPS) is 11.4. The fourth-order valence-corrected chi connectivity index (χ4v) is 3.31. The largest absolute Gasteiger partial charge is 0.495 e. The van der Waals surface area contributed by atoms with E-state index in [-0.39, 0.29) is 18.6 Å². The molecule has 3 N–H and O–H groups in total. The zero-order valence-electron chi connectivity index (χ0n) is 19.7. The summed E-state index contributed by atoms with van der Waals surface area (Å²) in [6, 6.07) is 20.8. The van der Waals surface area contributed by atoms with Crippen LogP contribution < -0.4 is 25.5 Å². The topological polar surface area (TPSA) is 118 Å². The summed E-state index contributed by atoms with van der Waals surface area (Å²) in [5.41, 5.74) is 4.14. The van der Waals surface area contributed by atoms with E-state index in [0.717, 1.165) is 5.56 Å². The van der Waals surface area contributed by atoms with Gasteiger partial charge < -0.3 is 20.1 Å². The van der Waals surface area contributed by atoms with Crippen molar-refractivity contribution in [2.75, 3.05) is 19.0 Å². The Morgan fingerprint density at radius 3 is 2.39 bits per heavy atom. The van der Waals surface area contributed by atoms with Gasteiger partial charge in [-0.2, -0.15) is 5.10 Å². The van der Waals surface area contributed by atoms with Crippen LogP contribution in [0.5, 0.6) is 11.5 Å². The van der Waals surface area contributed by atoms with E-state index in [4.69, 9.17) is 21.1 Å². The van der Waals surface area contributed by atoms with E-state index in [0.29, 0.717) is 27.8 Å². The number of methoxy groups -OCH3 is 1. The third kappa shape index (κ3) is 7.85. The van der Waals surface area contributed by atoms with Crippen molar-refractivity contribution >= 4 is 41.2 Å². The quantitative estimate of drug-likeness (QED) is 0.231. The highest BCUT2D eigenvalue weighted by Gasteiger charge is 2.14. The van der Waals surface area contributed by atoms with Crippen LogP contribution in [0.25, 0.3) is 0 Å². The molecule has 3 aromatic rings. The first-order valence-electron chi connectivity index (χ1n) is 10.9. The standard InChI is InChI=1S/C26H25ClN4O5/c1-17(19-6-4-3-5-7-19)29-24(32)16-36-21-11-8-18(9-12-21)15-28-31-26(34)25(33)30-20-10-13-23(35-2)22(27)14-20/h3-15,17H,16H2,1-2H3,(H,29,32)(H,30,33)(H,31,34)/b28-15-/t17-/m1/s1. The van der Waals surface area contributed by atoms with Crippen LogP contribution in [0.4, 0.5) is 5.69 Å². The van der Waals surface area contributed by atoms with Crippen molar-refractivity contribution in [2.45, 2.75) is 13.0 Å². The molecule has 0 bridgehead atoms. The molecule has 0 aromatic heterocycles. The van der Waals surface area contributed by atoms with Gasteiger partial charge in [0.2, 0.25) is 0 Å². The summed E-state index contributed by atoms with van der Waals surface area (Å²) in [5.74, 6) is -1.15. The molecule has 0 saturated carbocycles. The first kappa shape index (κ1) is 26.2. The summed E-state index contributed by atoms with van der Waals surface area (Å²) in [6.45, 7) is 1.77. The second-order valence-corrected chi connectivity index (χ2v) is 7.97. The zero-order chi connectivity index (χ0) is 25.9. The summed E-state index contributed by atoms with van der Waals surface area (Å²) in [4.78, 5) is 36.1. The molecule has 0 aliphatic rings. The number of hydrogen-bond donors (Lipinski definition) is 3. The van der Waals surface area contributed by atoms with Crippen LogP contribution >= 0.6 is 11.6 Å². The molecule has 0 heterocycles. The predicted octanol–water partition coefficient (Wildman–Crippen LogP) is 3.69. The van der Waals surface area contributed by atoms with E-state index in [1.165, 1.54) is 19.4 Å². The van der Waals surface area contributed by atoms with Gasteiger partial charge in [0.05, 0.1) is 24.4 Å². The number of hydrogen-bond acceptors (Lipinski definition) is 6. The molecule has 0 spiro atoms. The summed E-state index contributed by atoms with van der Waals surface area (Å²) in [6.07, 6.45) is 1.37. The summed E-state index contributed by atoms with van der Waals surface area (Å²) >= 11 is 6.00. The zero-order valence-corrected chi connectivity index (χ0v) is 20.4. The monoisotopic (exact) mass is 508 g/mol. The molecule has 9 nitrogen and oxygen atoms in total. The number of benzene rings is 3. The highest BCUT2D eigenvalue weighted by molar-refractivity contribution is 6.40. The Hall–Kier alpha value is -4.37. The molecular weight excluding hydrogens is 484 g/mol. The first-order valence-corrected chi connectivity index (χ1v) is 11.3. The minimum atomic E-state index is -0.950. The van der Waals surface area contributed by atoms with Crippen molar-refractivity contribution in [3.05, 3.63) is 88.9 Å². The molecule has 0 aliphatic carbocycles. The smallest absolute Gasteiger partial charge is 0.329 e. The summed E-state index contributed by atoms with van der Waals surface area (Å²) < 4.78 is 10.6. The maximum absolute atomic E-state index is 12.1. The fraction of sp³-hybridized carbons (Fsp3) is 0.154. The van der Waals surface area contributed by atoms with Crippen molar-refractivity contribution in [3.8, 4) is 11.5 Å².